The van der Waals surface area contributed by atoms with Crippen LogP contribution in [0.2, 0.25) is 0 Å². The average molecular weight is 390 g/mol. The van der Waals surface area contributed by atoms with E-state index in [0.29, 0.717) is 16.9 Å². The molecule has 1 fully saturated rings. The quantitative estimate of drug-likeness (QED) is 0.325. The molecule has 140 valence electrons. The SMILES string of the molecule is O=C(O)C/C=C/C1=C(C(=O)OCc2ccc([N+](=O)[O-])cc2)N2C(=O)C[C@H]2S1. The number of nitro benzene ring substituents is 1. The molecule has 0 saturated carbocycles. The third-order valence-corrected chi connectivity index (χ3v) is 5.15. The molecule has 9 nitrogen and oxygen atoms in total. The van der Waals surface area contributed by atoms with E-state index in [1.807, 2.05) is 0 Å². The Bertz CT molecular complexity index is 876. The summed E-state index contributed by atoms with van der Waals surface area (Å²) in [5.74, 6) is -1.90. The molecule has 1 amide bonds. The minimum Gasteiger partial charge on any atom is -0.481 e. The number of benzene rings is 1. The first-order valence-corrected chi connectivity index (χ1v) is 8.76. The largest absolute Gasteiger partial charge is 0.481 e. The highest BCUT2D eigenvalue weighted by Crippen LogP contribution is 2.46. The number of carbonyl (C=O) groups excluding carboxylic acids is 2. The van der Waals surface area contributed by atoms with Gasteiger partial charge < -0.3 is 9.84 Å². The van der Waals surface area contributed by atoms with Gasteiger partial charge in [0.05, 0.1) is 23.1 Å². The maximum Gasteiger partial charge on any atom is 0.356 e. The molecule has 1 saturated heterocycles. The number of carbonyl (C=O) groups is 3. The van der Waals surface area contributed by atoms with Gasteiger partial charge in [0.25, 0.3) is 5.69 Å². The van der Waals surface area contributed by atoms with Crippen molar-refractivity contribution in [2.24, 2.45) is 0 Å². The zero-order chi connectivity index (χ0) is 19.6. The van der Waals surface area contributed by atoms with Crippen LogP contribution in [-0.4, -0.2) is 38.1 Å². The molecule has 0 aromatic heterocycles. The van der Waals surface area contributed by atoms with Crippen LogP contribution < -0.4 is 0 Å². The molecule has 3 rings (SSSR count). The van der Waals surface area contributed by atoms with E-state index < -0.39 is 16.9 Å². The number of non-ortho nitro benzene ring substituents is 1. The van der Waals surface area contributed by atoms with Gasteiger partial charge in [0.2, 0.25) is 5.91 Å². The molecule has 27 heavy (non-hydrogen) atoms. The Hall–Kier alpha value is -3.14. The fourth-order valence-electron chi connectivity index (χ4n) is 2.59. The number of nitro groups is 1. The van der Waals surface area contributed by atoms with Crippen molar-refractivity contribution in [1.82, 2.24) is 4.90 Å². The fraction of sp³-hybridized carbons (Fsp3) is 0.235. The molecule has 2 aliphatic heterocycles. The number of amides is 1. The number of thioether (sulfide) groups is 1. The zero-order valence-corrected chi connectivity index (χ0v) is 14.7. The maximum atomic E-state index is 12.5. The predicted octanol–water partition coefficient (Wildman–Crippen LogP) is 2.19. The average Bonchev–Trinajstić information content (AvgIpc) is 2.92. The number of aliphatic carboxylic acids is 1. The third-order valence-electron chi connectivity index (χ3n) is 3.92. The molecule has 0 aliphatic carbocycles. The first-order valence-electron chi connectivity index (χ1n) is 7.88. The van der Waals surface area contributed by atoms with E-state index in [2.05, 4.69) is 0 Å². The second kappa shape index (κ2) is 7.62. The number of allylic oxidation sites excluding steroid dienone is 1. The number of hydrogen-bond acceptors (Lipinski definition) is 7. The summed E-state index contributed by atoms with van der Waals surface area (Å²) < 4.78 is 5.25. The molecule has 0 bridgehead atoms. The molecule has 2 heterocycles. The molecular weight excluding hydrogens is 376 g/mol. The van der Waals surface area contributed by atoms with Gasteiger partial charge >= 0.3 is 11.9 Å². The highest BCUT2D eigenvalue weighted by atomic mass is 32.2. The van der Waals surface area contributed by atoms with Crippen molar-refractivity contribution < 1.29 is 29.2 Å². The standard InChI is InChI=1S/C17H14N2O7S/c20-13-8-14-18(13)16(12(27-14)2-1-3-15(21)22)17(23)26-9-10-4-6-11(7-5-10)19(24)25/h1-2,4-7,14H,3,8-9H2,(H,21,22)/b2-1+/t14-/m1/s1. The van der Waals surface area contributed by atoms with Gasteiger partial charge in [-0.1, -0.05) is 17.8 Å². The second-order valence-electron chi connectivity index (χ2n) is 5.75. The molecule has 0 spiro atoms. The number of nitrogens with zero attached hydrogens (tertiary/aromatic N) is 2. The lowest BCUT2D eigenvalue weighted by molar-refractivity contribution is -0.384. The van der Waals surface area contributed by atoms with Crippen LogP contribution in [0.4, 0.5) is 5.69 Å². The number of hydrogen-bond donors (Lipinski definition) is 1. The van der Waals surface area contributed by atoms with Crippen molar-refractivity contribution in [3.8, 4) is 0 Å². The van der Waals surface area contributed by atoms with Crippen LogP contribution in [0.15, 0.2) is 47.0 Å². The Kier molecular flexibility index (Phi) is 5.26. The lowest BCUT2D eigenvalue weighted by Crippen LogP contribution is -2.48. The minimum atomic E-state index is -1.00. The van der Waals surface area contributed by atoms with Gasteiger partial charge in [-0.15, -0.1) is 0 Å². The van der Waals surface area contributed by atoms with Crippen LogP contribution in [-0.2, 0) is 25.7 Å². The molecule has 0 radical (unpaired) electrons. The number of fused-ring (bicyclic) bond motifs is 1. The Balaban J connectivity index is 1.71. The van der Waals surface area contributed by atoms with Crippen LogP contribution in [0, 0.1) is 10.1 Å². The van der Waals surface area contributed by atoms with Crippen molar-refractivity contribution in [3.63, 3.8) is 0 Å². The summed E-state index contributed by atoms with van der Waals surface area (Å²) in [6, 6.07) is 5.58. The van der Waals surface area contributed by atoms with Crippen molar-refractivity contribution in [2.45, 2.75) is 24.8 Å². The second-order valence-corrected chi connectivity index (χ2v) is 6.97. The van der Waals surface area contributed by atoms with E-state index in [-0.39, 0.29) is 35.7 Å². The number of carboxylic acids is 1. The van der Waals surface area contributed by atoms with E-state index in [1.165, 1.54) is 53.1 Å². The summed E-state index contributed by atoms with van der Waals surface area (Å²) in [5.41, 5.74) is 0.597. The molecular formula is C17H14N2O7S. The van der Waals surface area contributed by atoms with Crippen LogP contribution in [0.25, 0.3) is 0 Å². The number of ether oxygens (including phenoxy) is 1. The third kappa shape index (κ3) is 4.00. The van der Waals surface area contributed by atoms with Crippen LogP contribution in [0.1, 0.15) is 18.4 Å². The molecule has 1 aromatic carbocycles. The van der Waals surface area contributed by atoms with Crippen molar-refractivity contribution in [3.05, 3.63) is 62.7 Å². The first kappa shape index (κ1) is 18.6. The molecule has 1 aromatic rings. The molecule has 1 atom stereocenters. The Morgan fingerprint density at radius 2 is 2.07 bits per heavy atom. The topological polar surface area (TPSA) is 127 Å². The molecule has 2 aliphatic rings. The van der Waals surface area contributed by atoms with E-state index in [9.17, 15) is 24.5 Å². The molecule has 0 unspecified atom stereocenters. The van der Waals surface area contributed by atoms with E-state index in [0.717, 1.165) is 0 Å². The molecule has 1 N–H and O–H groups in total. The van der Waals surface area contributed by atoms with E-state index in [1.54, 1.807) is 0 Å². The van der Waals surface area contributed by atoms with Crippen LogP contribution in [0.5, 0.6) is 0 Å². The van der Waals surface area contributed by atoms with Crippen molar-refractivity contribution in [2.75, 3.05) is 0 Å². The highest BCUT2D eigenvalue weighted by Gasteiger charge is 2.48. The molecule has 10 heteroatoms. The van der Waals surface area contributed by atoms with Gasteiger partial charge in [0.15, 0.2) is 0 Å². The summed E-state index contributed by atoms with van der Waals surface area (Å²) >= 11 is 1.31. The van der Waals surface area contributed by atoms with Gasteiger partial charge in [-0.3, -0.25) is 24.6 Å². The van der Waals surface area contributed by atoms with E-state index in [4.69, 9.17) is 9.84 Å². The van der Waals surface area contributed by atoms with Gasteiger partial charge in [0.1, 0.15) is 12.3 Å². The predicted molar refractivity (Wildman–Crippen MR) is 94.2 cm³/mol. The summed E-state index contributed by atoms with van der Waals surface area (Å²) in [6.45, 7) is -0.107. The normalized spacial score (nSPS) is 18.4. The minimum absolute atomic E-state index is 0.0696. The smallest absolute Gasteiger partial charge is 0.356 e. The Morgan fingerprint density at radius 3 is 2.67 bits per heavy atom. The van der Waals surface area contributed by atoms with Gasteiger partial charge in [-0.25, -0.2) is 4.79 Å². The van der Waals surface area contributed by atoms with Gasteiger partial charge in [0, 0.05) is 17.0 Å². The summed E-state index contributed by atoms with van der Waals surface area (Å²) in [5, 5.41) is 19.2. The summed E-state index contributed by atoms with van der Waals surface area (Å²) in [7, 11) is 0. The Morgan fingerprint density at radius 1 is 1.37 bits per heavy atom. The van der Waals surface area contributed by atoms with Gasteiger partial charge in [-0.2, -0.15) is 0 Å². The summed E-state index contributed by atoms with van der Waals surface area (Å²) in [4.78, 5) is 46.9. The van der Waals surface area contributed by atoms with Crippen molar-refractivity contribution >= 4 is 35.3 Å². The van der Waals surface area contributed by atoms with Crippen LogP contribution >= 0.6 is 11.8 Å². The van der Waals surface area contributed by atoms with Crippen LogP contribution in [0.3, 0.4) is 0 Å². The summed E-state index contributed by atoms with van der Waals surface area (Å²) in [6.07, 6.45) is 3.02. The number of rotatable bonds is 7. The van der Waals surface area contributed by atoms with Crippen molar-refractivity contribution in [1.29, 1.82) is 0 Å². The van der Waals surface area contributed by atoms with E-state index >= 15 is 0 Å². The lowest BCUT2D eigenvalue weighted by atomic mass is 10.1. The lowest BCUT2D eigenvalue weighted by Gasteiger charge is -2.34. The monoisotopic (exact) mass is 390 g/mol. The highest BCUT2D eigenvalue weighted by molar-refractivity contribution is 8.04. The zero-order valence-electron chi connectivity index (χ0n) is 13.9. The number of carboxylic acid groups (broad SMARTS) is 1. The first-order chi connectivity index (χ1) is 12.9. The maximum absolute atomic E-state index is 12.5. The fourth-order valence-corrected chi connectivity index (χ4v) is 3.90. The van der Waals surface area contributed by atoms with Gasteiger partial charge in [-0.05, 0) is 23.8 Å². The number of esters is 1. The number of β-lactam (4-membered cyclic amide) rings is 1. The Labute approximate surface area is 157 Å².